The number of rotatable bonds is 5. The lowest BCUT2D eigenvalue weighted by molar-refractivity contribution is -0.154. The van der Waals surface area contributed by atoms with Crippen molar-refractivity contribution in [1.29, 1.82) is 0 Å². The fourth-order valence-electron chi connectivity index (χ4n) is 3.58. The third-order valence-corrected chi connectivity index (χ3v) is 4.28. The molecule has 5 heteroatoms. The van der Waals surface area contributed by atoms with Crippen LogP contribution in [0.5, 0.6) is 0 Å². The molecule has 1 N–H and O–H groups in total. The molecule has 5 nitrogen and oxygen atoms in total. The molecule has 0 spiro atoms. The summed E-state index contributed by atoms with van der Waals surface area (Å²) >= 11 is 0. The van der Waals surface area contributed by atoms with E-state index in [1.165, 1.54) is 0 Å². The Bertz CT molecular complexity index is 333. The maximum atomic E-state index is 12.0. The van der Waals surface area contributed by atoms with E-state index in [4.69, 9.17) is 9.47 Å². The van der Waals surface area contributed by atoms with Crippen molar-refractivity contribution in [3.05, 3.63) is 0 Å². The minimum atomic E-state index is -0.533. The minimum absolute atomic E-state index is 0.125. The van der Waals surface area contributed by atoms with Crippen LogP contribution in [0.1, 0.15) is 39.5 Å². The largest absolute Gasteiger partial charge is 0.464 e. The molecule has 19 heavy (non-hydrogen) atoms. The molecule has 1 aliphatic heterocycles. The number of fused-ring (bicyclic) bond motifs is 1. The van der Waals surface area contributed by atoms with Crippen LogP contribution in [-0.2, 0) is 19.1 Å². The second-order valence-electron chi connectivity index (χ2n) is 5.49. The molecule has 0 aromatic rings. The lowest BCUT2D eigenvalue weighted by Crippen LogP contribution is -2.51. The van der Waals surface area contributed by atoms with Gasteiger partial charge >= 0.3 is 5.97 Å². The van der Waals surface area contributed by atoms with Crippen molar-refractivity contribution >= 4 is 12.4 Å². The van der Waals surface area contributed by atoms with Crippen LogP contribution in [-0.4, -0.2) is 37.2 Å². The molecule has 1 saturated carbocycles. The minimum Gasteiger partial charge on any atom is -0.464 e. The molecular weight excluding hydrogens is 246 g/mol. The molecule has 1 amide bonds. The van der Waals surface area contributed by atoms with E-state index in [2.05, 4.69) is 5.32 Å². The fraction of sp³-hybridized carbons (Fsp3) is 0.857. The van der Waals surface area contributed by atoms with E-state index in [9.17, 15) is 9.59 Å². The topological polar surface area (TPSA) is 64.6 Å². The van der Waals surface area contributed by atoms with Gasteiger partial charge in [0.2, 0.25) is 6.41 Å². The maximum absolute atomic E-state index is 12.0. The van der Waals surface area contributed by atoms with Crippen molar-refractivity contribution in [3.63, 3.8) is 0 Å². The van der Waals surface area contributed by atoms with Gasteiger partial charge in [0.15, 0.2) is 0 Å². The third-order valence-electron chi connectivity index (χ3n) is 4.28. The molecule has 1 aliphatic carbocycles. The van der Waals surface area contributed by atoms with Gasteiger partial charge in [-0.15, -0.1) is 0 Å². The number of nitrogens with one attached hydrogen (secondary N) is 1. The SMILES string of the molecule is CCOC(=O)[C@@H](NC=O)[C@H]1C[C@@H](C)O[C@H]2CCC[C@@H]12. The summed E-state index contributed by atoms with van der Waals surface area (Å²) in [6.07, 6.45) is 5.03. The van der Waals surface area contributed by atoms with Gasteiger partial charge in [-0.1, -0.05) is 6.42 Å². The molecule has 2 fully saturated rings. The molecule has 2 aliphatic rings. The van der Waals surface area contributed by atoms with Crippen LogP contribution in [0.2, 0.25) is 0 Å². The fourth-order valence-corrected chi connectivity index (χ4v) is 3.58. The van der Waals surface area contributed by atoms with Crippen LogP contribution in [0.3, 0.4) is 0 Å². The van der Waals surface area contributed by atoms with Gasteiger partial charge in [-0.25, -0.2) is 4.79 Å². The van der Waals surface area contributed by atoms with E-state index in [0.29, 0.717) is 18.9 Å². The summed E-state index contributed by atoms with van der Waals surface area (Å²) in [5.41, 5.74) is 0. The molecular formula is C14H23NO4. The van der Waals surface area contributed by atoms with Crippen molar-refractivity contribution in [2.75, 3.05) is 6.61 Å². The Balaban J connectivity index is 2.13. The normalized spacial score (nSPS) is 35.3. The van der Waals surface area contributed by atoms with E-state index < -0.39 is 6.04 Å². The zero-order valence-electron chi connectivity index (χ0n) is 11.6. The van der Waals surface area contributed by atoms with Crippen molar-refractivity contribution in [1.82, 2.24) is 5.32 Å². The summed E-state index contributed by atoms with van der Waals surface area (Å²) in [4.78, 5) is 22.8. The molecule has 1 heterocycles. The Kier molecular flexibility index (Phi) is 4.80. The highest BCUT2D eigenvalue weighted by atomic mass is 16.5. The smallest absolute Gasteiger partial charge is 0.328 e. The van der Waals surface area contributed by atoms with Gasteiger partial charge in [-0.2, -0.15) is 0 Å². The van der Waals surface area contributed by atoms with Gasteiger partial charge in [0.25, 0.3) is 0 Å². The zero-order chi connectivity index (χ0) is 13.8. The first kappa shape index (κ1) is 14.3. The van der Waals surface area contributed by atoms with Gasteiger partial charge in [0.05, 0.1) is 18.8 Å². The van der Waals surface area contributed by atoms with Gasteiger partial charge in [-0.3, -0.25) is 4.79 Å². The lowest BCUT2D eigenvalue weighted by Gasteiger charge is -2.40. The quantitative estimate of drug-likeness (QED) is 0.603. The predicted octanol–water partition coefficient (Wildman–Crippen LogP) is 1.26. The summed E-state index contributed by atoms with van der Waals surface area (Å²) in [6.45, 7) is 4.15. The summed E-state index contributed by atoms with van der Waals surface area (Å²) in [6, 6.07) is -0.533. The molecule has 0 radical (unpaired) electrons. The Morgan fingerprint density at radius 2 is 2.32 bits per heavy atom. The molecule has 0 unspecified atom stereocenters. The van der Waals surface area contributed by atoms with E-state index in [0.717, 1.165) is 25.7 Å². The van der Waals surface area contributed by atoms with E-state index in [-0.39, 0.29) is 24.1 Å². The summed E-state index contributed by atoms with van der Waals surface area (Å²) in [5, 5.41) is 2.66. The van der Waals surface area contributed by atoms with Crippen molar-refractivity contribution < 1.29 is 19.1 Å². The first-order valence-corrected chi connectivity index (χ1v) is 7.19. The van der Waals surface area contributed by atoms with Crippen molar-refractivity contribution in [2.45, 2.75) is 57.8 Å². The molecule has 5 atom stereocenters. The first-order chi connectivity index (χ1) is 9.17. The number of hydrogen-bond donors (Lipinski definition) is 1. The Morgan fingerprint density at radius 1 is 1.53 bits per heavy atom. The maximum Gasteiger partial charge on any atom is 0.328 e. The number of carbonyl (C=O) groups is 2. The highest BCUT2D eigenvalue weighted by Crippen LogP contribution is 2.42. The van der Waals surface area contributed by atoms with Gasteiger partial charge in [-0.05, 0) is 44.9 Å². The standard InChI is InChI=1S/C14H23NO4/c1-3-18-14(17)13(15-8-16)11-7-9(2)19-12-6-4-5-10(11)12/h8-13H,3-7H2,1-2H3,(H,15,16)/t9-,10+,11+,12+,13+/m1/s1. The first-order valence-electron chi connectivity index (χ1n) is 7.19. The molecule has 108 valence electrons. The number of ether oxygens (including phenoxy) is 2. The average Bonchev–Trinajstić information content (AvgIpc) is 2.83. The summed E-state index contributed by atoms with van der Waals surface area (Å²) < 4.78 is 11.0. The van der Waals surface area contributed by atoms with Crippen molar-refractivity contribution in [2.24, 2.45) is 11.8 Å². The van der Waals surface area contributed by atoms with Crippen LogP contribution >= 0.6 is 0 Å². The highest BCUT2D eigenvalue weighted by Gasteiger charge is 2.45. The monoisotopic (exact) mass is 269 g/mol. The van der Waals surface area contributed by atoms with Crippen LogP contribution < -0.4 is 5.32 Å². The highest BCUT2D eigenvalue weighted by molar-refractivity contribution is 5.78. The van der Waals surface area contributed by atoms with E-state index in [1.54, 1.807) is 6.92 Å². The van der Waals surface area contributed by atoms with Crippen LogP contribution in [0.15, 0.2) is 0 Å². The Hall–Kier alpha value is -1.10. The molecule has 0 aromatic carbocycles. The summed E-state index contributed by atoms with van der Waals surface area (Å²) in [5.74, 6) is 0.165. The number of amides is 1. The van der Waals surface area contributed by atoms with Crippen LogP contribution in [0, 0.1) is 11.8 Å². The van der Waals surface area contributed by atoms with Gasteiger partial charge < -0.3 is 14.8 Å². The van der Waals surface area contributed by atoms with Gasteiger partial charge in [0.1, 0.15) is 6.04 Å². The molecule has 2 rings (SSSR count). The second-order valence-corrected chi connectivity index (χ2v) is 5.49. The van der Waals surface area contributed by atoms with Crippen molar-refractivity contribution in [3.8, 4) is 0 Å². The third kappa shape index (κ3) is 3.08. The molecule has 0 bridgehead atoms. The molecule has 1 saturated heterocycles. The van der Waals surface area contributed by atoms with Crippen LogP contribution in [0.25, 0.3) is 0 Å². The number of esters is 1. The van der Waals surface area contributed by atoms with E-state index in [1.807, 2.05) is 6.92 Å². The predicted molar refractivity (Wildman–Crippen MR) is 69.4 cm³/mol. The van der Waals surface area contributed by atoms with Gasteiger partial charge in [0, 0.05) is 0 Å². The van der Waals surface area contributed by atoms with Crippen LogP contribution in [0.4, 0.5) is 0 Å². The Labute approximate surface area is 114 Å². The zero-order valence-corrected chi connectivity index (χ0v) is 11.6. The summed E-state index contributed by atoms with van der Waals surface area (Å²) in [7, 11) is 0. The second kappa shape index (κ2) is 6.37. The lowest BCUT2D eigenvalue weighted by atomic mass is 9.78. The number of carbonyl (C=O) groups excluding carboxylic acids is 2. The average molecular weight is 269 g/mol. The number of hydrogen-bond acceptors (Lipinski definition) is 4. The molecule has 0 aromatic heterocycles. The van der Waals surface area contributed by atoms with E-state index >= 15 is 0 Å². The Morgan fingerprint density at radius 3 is 3.00 bits per heavy atom.